The normalized spacial score (nSPS) is 9.33. The zero-order valence-corrected chi connectivity index (χ0v) is 4.44. The third kappa shape index (κ3) is 1.52. The summed E-state index contributed by atoms with van der Waals surface area (Å²) in [7, 11) is 0. The van der Waals surface area contributed by atoms with E-state index >= 15 is 0 Å². The van der Waals surface area contributed by atoms with Gasteiger partial charge < -0.3 is 9.63 Å². The van der Waals surface area contributed by atoms with E-state index in [1.165, 1.54) is 6.26 Å². The molecule has 1 aromatic rings. The summed E-state index contributed by atoms with van der Waals surface area (Å²) in [5.74, 6) is -0.939. The fraction of sp³-hybridized carbons (Fsp3) is 0.250. The van der Waals surface area contributed by atoms with Gasteiger partial charge in [-0.15, -0.1) is 5.10 Å². The van der Waals surface area contributed by atoms with Gasteiger partial charge in [-0.2, -0.15) is 0 Å². The molecule has 0 aliphatic heterocycles. The van der Waals surface area contributed by atoms with Crippen LogP contribution in [-0.2, 0) is 11.2 Å². The number of aromatic nitrogens is 2. The lowest BCUT2D eigenvalue weighted by Gasteiger charge is -1.81. The summed E-state index contributed by atoms with van der Waals surface area (Å²) in [6, 6.07) is 0. The zero-order chi connectivity index (χ0) is 6.69. The minimum atomic E-state index is -0.939. The molecule has 0 fully saturated rings. The fourth-order valence-electron chi connectivity index (χ4n) is 0.416. The Morgan fingerprint density at radius 3 is 3.11 bits per heavy atom. The van der Waals surface area contributed by atoms with Crippen LogP contribution in [0.2, 0.25) is 0 Å². The molecule has 0 radical (unpaired) electrons. The van der Waals surface area contributed by atoms with E-state index in [-0.39, 0.29) is 6.42 Å². The molecule has 0 bridgehead atoms. The van der Waals surface area contributed by atoms with Crippen molar-refractivity contribution < 1.29 is 14.4 Å². The molecule has 0 atom stereocenters. The Morgan fingerprint density at radius 2 is 2.67 bits per heavy atom. The van der Waals surface area contributed by atoms with E-state index in [1.807, 2.05) is 0 Å². The zero-order valence-electron chi connectivity index (χ0n) is 4.44. The highest BCUT2D eigenvalue weighted by Crippen LogP contribution is 1.91. The number of carbonyl (C=O) groups is 1. The van der Waals surface area contributed by atoms with Gasteiger partial charge in [0.2, 0.25) is 0 Å². The van der Waals surface area contributed by atoms with Crippen molar-refractivity contribution in [3.63, 3.8) is 0 Å². The molecule has 1 heterocycles. The Kier molecular flexibility index (Phi) is 1.44. The third-order valence-corrected chi connectivity index (χ3v) is 0.737. The number of hydrogen-bond acceptors (Lipinski definition) is 4. The number of carboxylic acid groups (broad SMARTS) is 1. The molecular weight excluding hydrogens is 124 g/mol. The van der Waals surface area contributed by atoms with Crippen molar-refractivity contribution in [2.24, 2.45) is 0 Å². The summed E-state index contributed by atoms with van der Waals surface area (Å²) < 4.78 is 4.29. The first kappa shape index (κ1) is 5.74. The van der Waals surface area contributed by atoms with E-state index in [0.717, 1.165) is 0 Å². The predicted molar refractivity (Wildman–Crippen MR) is 25.6 cm³/mol. The SMILES string of the molecule is O=C(O)Cc1conn1. The maximum atomic E-state index is 9.96. The second-order valence-corrected chi connectivity index (χ2v) is 1.47. The molecule has 5 heteroatoms. The molecule has 1 rings (SSSR count). The lowest BCUT2D eigenvalue weighted by molar-refractivity contribution is -0.136. The quantitative estimate of drug-likeness (QED) is 0.591. The van der Waals surface area contributed by atoms with E-state index in [0.29, 0.717) is 5.69 Å². The molecule has 0 amide bonds. The van der Waals surface area contributed by atoms with E-state index in [1.54, 1.807) is 0 Å². The molecule has 48 valence electrons. The highest BCUT2D eigenvalue weighted by molar-refractivity contribution is 5.69. The largest absolute Gasteiger partial charge is 0.481 e. The lowest BCUT2D eigenvalue weighted by Crippen LogP contribution is -1.99. The molecule has 0 saturated carbocycles. The van der Waals surface area contributed by atoms with Gasteiger partial charge in [-0.25, -0.2) is 0 Å². The smallest absolute Gasteiger partial charge is 0.309 e. The first-order chi connectivity index (χ1) is 4.29. The Morgan fingerprint density at radius 1 is 1.89 bits per heavy atom. The highest BCUT2D eigenvalue weighted by Gasteiger charge is 2.02. The summed E-state index contributed by atoms with van der Waals surface area (Å²) in [5.41, 5.74) is 0.336. The topological polar surface area (TPSA) is 76.2 Å². The van der Waals surface area contributed by atoms with Crippen LogP contribution in [-0.4, -0.2) is 21.4 Å². The average molecular weight is 128 g/mol. The summed E-state index contributed by atoms with van der Waals surface area (Å²) in [6.45, 7) is 0. The van der Waals surface area contributed by atoms with Crippen LogP contribution in [0.1, 0.15) is 5.69 Å². The second-order valence-electron chi connectivity index (χ2n) is 1.47. The summed E-state index contributed by atoms with van der Waals surface area (Å²) in [5, 5.41) is 14.6. The van der Waals surface area contributed by atoms with Crippen LogP contribution in [0.5, 0.6) is 0 Å². The fourth-order valence-corrected chi connectivity index (χ4v) is 0.416. The van der Waals surface area contributed by atoms with Crippen molar-refractivity contribution in [2.75, 3.05) is 0 Å². The number of aliphatic carboxylic acids is 1. The van der Waals surface area contributed by atoms with Crippen LogP contribution in [0, 0.1) is 0 Å². The van der Waals surface area contributed by atoms with Gasteiger partial charge >= 0.3 is 5.97 Å². The molecule has 5 nitrogen and oxygen atoms in total. The van der Waals surface area contributed by atoms with Gasteiger partial charge in [0, 0.05) is 5.27 Å². The van der Waals surface area contributed by atoms with Gasteiger partial charge in [0.1, 0.15) is 12.0 Å². The van der Waals surface area contributed by atoms with Crippen LogP contribution < -0.4 is 0 Å². The monoisotopic (exact) mass is 128 g/mol. The third-order valence-electron chi connectivity index (χ3n) is 0.737. The number of nitrogens with zero attached hydrogens (tertiary/aromatic N) is 2. The van der Waals surface area contributed by atoms with Crippen molar-refractivity contribution in [3.05, 3.63) is 12.0 Å². The van der Waals surface area contributed by atoms with Gasteiger partial charge in [0.25, 0.3) is 0 Å². The maximum Gasteiger partial charge on any atom is 0.309 e. The molecular formula is C4H4N2O3. The van der Waals surface area contributed by atoms with Crippen molar-refractivity contribution >= 4 is 5.97 Å². The van der Waals surface area contributed by atoms with Gasteiger partial charge in [-0.1, -0.05) is 0 Å². The van der Waals surface area contributed by atoms with E-state index in [2.05, 4.69) is 14.9 Å². The van der Waals surface area contributed by atoms with Gasteiger partial charge in [-0.3, -0.25) is 4.79 Å². The summed E-state index contributed by atoms with van der Waals surface area (Å²) >= 11 is 0. The lowest BCUT2D eigenvalue weighted by atomic mass is 10.3. The van der Waals surface area contributed by atoms with Crippen LogP contribution in [0.15, 0.2) is 10.8 Å². The van der Waals surface area contributed by atoms with Crippen molar-refractivity contribution in [2.45, 2.75) is 6.42 Å². The predicted octanol–water partition coefficient (Wildman–Crippen LogP) is -0.303. The molecule has 9 heavy (non-hydrogen) atoms. The minimum Gasteiger partial charge on any atom is -0.481 e. The highest BCUT2D eigenvalue weighted by atomic mass is 16.5. The molecule has 0 aromatic carbocycles. The maximum absolute atomic E-state index is 9.96. The molecule has 0 aliphatic rings. The molecule has 0 saturated heterocycles. The van der Waals surface area contributed by atoms with Crippen molar-refractivity contribution in [1.29, 1.82) is 0 Å². The first-order valence-corrected chi connectivity index (χ1v) is 2.27. The summed E-state index contributed by atoms with van der Waals surface area (Å²) in [6.07, 6.45) is 1.07. The van der Waals surface area contributed by atoms with Gasteiger partial charge in [0.05, 0.1) is 6.42 Å². The van der Waals surface area contributed by atoms with E-state index in [4.69, 9.17) is 5.11 Å². The Bertz CT molecular complexity index is 194. The van der Waals surface area contributed by atoms with Crippen molar-refractivity contribution in [3.8, 4) is 0 Å². The van der Waals surface area contributed by atoms with Crippen molar-refractivity contribution in [1.82, 2.24) is 10.4 Å². The standard InChI is InChI=1S/C4H4N2O3/c7-4(8)1-3-2-9-6-5-3/h2H,1H2,(H,7,8). The van der Waals surface area contributed by atoms with E-state index in [9.17, 15) is 4.79 Å². The molecule has 1 aromatic heterocycles. The molecule has 0 unspecified atom stereocenters. The Labute approximate surface area is 50.3 Å². The molecule has 1 N–H and O–H groups in total. The first-order valence-electron chi connectivity index (χ1n) is 2.27. The van der Waals surface area contributed by atoms with Gasteiger partial charge in [0.15, 0.2) is 0 Å². The van der Waals surface area contributed by atoms with E-state index < -0.39 is 5.97 Å². The number of rotatable bonds is 2. The van der Waals surface area contributed by atoms with Crippen LogP contribution in [0.25, 0.3) is 0 Å². The molecule has 0 aliphatic carbocycles. The Balaban J connectivity index is 2.58. The number of hydrogen-bond donors (Lipinski definition) is 1. The average Bonchev–Trinajstić information content (AvgIpc) is 2.15. The Hall–Kier alpha value is -1.39. The molecule has 0 spiro atoms. The second kappa shape index (κ2) is 2.25. The number of carboxylic acids is 1. The summed E-state index contributed by atoms with van der Waals surface area (Å²) in [4.78, 5) is 9.96. The van der Waals surface area contributed by atoms with Gasteiger partial charge in [-0.05, 0) is 0 Å². The van der Waals surface area contributed by atoms with Crippen LogP contribution >= 0.6 is 0 Å². The van der Waals surface area contributed by atoms with Crippen LogP contribution in [0.3, 0.4) is 0 Å². The minimum absolute atomic E-state index is 0.135. The van der Waals surface area contributed by atoms with Crippen LogP contribution in [0.4, 0.5) is 0 Å².